The van der Waals surface area contributed by atoms with Gasteiger partial charge in [-0.2, -0.15) is 0 Å². The first-order valence-corrected chi connectivity index (χ1v) is 8.73. The molecule has 1 saturated heterocycles. The van der Waals surface area contributed by atoms with Gasteiger partial charge in [0.2, 0.25) is 0 Å². The smallest absolute Gasteiger partial charge is 0.323 e. The molecule has 26 heavy (non-hydrogen) atoms. The van der Waals surface area contributed by atoms with Gasteiger partial charge in [-0.05, 0) is 23.3 Å². The van der Waals surface area contributed by atoms with E-state index in [1.807, 2.05) is 30.3 Å². The van der Waals surface area contributed by atoms with E-state index >= 15 is 0 Å². The molecular weight excluding hydrogens is 399 g/mol. The summed E-state index contributed by atoms with van der Waals surface area (Å²) in [5.74, 6) is -0.310. The van der Waals surface area contributed by atoms with E-state index in [-0.39, 0.29) is 47.4 Å². The lowest BCUT2D eigenvalue weighted by atomic mass is 10.2. The molecular formula is C18H19Cl3N2O3. The first-order chi connectivity index (χ1) is 12.1. The fourth-order valence-electron chi connectivity index (χ4n) is 2.65. The van der Waals surface area contributed by atoms with Crippen molar-refractivity contribution < 1.29 is 14.3 Å². The van der Waals surface area contributed by atoms with Gasteiger partial charge in [0.1, 0.15) is 23.0 Å². The Hall–Kier alpha value is -1.37. The van der Waals surface area contributed by atoms with Gasteiger partial charge in [0.25, 0.3) is 0 Å². The van der Waals surface area contributed by atoms with Crippen LogP contribution in [-0.4, -0.2) is 29.6 Å². The Balaban J connectivity index is 0.00000243. The molecule has 140 valence electrons. The van der Waals surface area contributed by atoms with E-state index in [4.69, 9.17) is 32.7 Å². The van der Waals surface area contributed by atoms with Crippen LogP contribution in [0.2, 0.25) is 10.3 Å². The summed E-state index contributed by atoms with van der Waals surface area (Å²) in [7, 11) is 0. The number of pyridine rings is 1. The molecule has 2 atom stereocenters. The van der Waals surface area contributed by atoms with Crippen molar-refractivity contribution in [2.45, 2.75) is 31.8 Å². The largest absolute Gasteiger partial charge is 0.460 e. The summed E-state index contributed by atoms with van der Waals surface area (Å²) in [6, 6.07) is 12.8. The van der Waals surface area contributed by atoms with Gasteiger partial charge >= 0.3 is 5.97 Å². The number of esters is 1. The molecule has 1 aromatic carbocycles. The van der Waals surface area contributed by atoms with Gasteiger partial charge in [-0.1, -0.05) is 53.5 Å². The molecule has 8 heteroatoms. The number of benzene rings is 1. The average Bonchev–Trinajstić information content (AvgIpc) is 3.07. The van der Waals surface area contributed by atoms with Crippen LogP contribution < -0.4 is 5.32 Å². The first kappa shape index (κ1) is 20.9. The van der Waals surface area contributed by atoms with Crippen molar-refractivity contribution in [3.63, 3.8) is 0 Å². The predicted molar refractivity (Wildman–Crippen MR) is 103 cm³/mol. The van der Waals surface area contributed by atoms with Crippen LogP contribution in [0.25, 0.3) is 0 Å². The highest BCUT2D eigenvalue weighted by molar-refractivity contribution is 6.32. The van der Waals surface area contributed by atoms with Crippen molar-refractivity contribution >= 4 is 41.6 Å². The molecule has 2 aromatic rings. The Morgan fingerprint density at radius 1 is 1.12 bits per heavy atom. The van der Waals surface area contributed by atoms with Crippen molar-refractivity contribution in [3.05, 3.63) is 63.9 Å². The topological polar surface area (TPSA) is 60.5 Å². The molecule has 0 amide bonds. The standard InChI is InChI=1S/C18H18Cl2N2O3.ClH/c19-16-6-13(7-17(20)22-16)11-25-18(23)15-8-14(9-21-15)24-10-12-4-2-1-3-5-12;/h1-7,14-15,21H,8-11H2;1H/t14-,15+;/m1./s1. The highest BCUT2D eigenvalue weighted by atomic mass is 35.5. The maximum Gasteiger partial charge on any atom is 0.323 e. The second kappa shape index (κ2) is 10.1. The quantitative estimate of drug-likeness (QED) is 0.572. The zero-order valence-corrected chi connectivity index (χ0v) is 16.2. The number of ether oxygens (including phenoxy) is 2. The number of hydrogen-bond acceptors (Lipinski definition) is 5. The van der Waals surface area contributed by atoms with E-state index in [0.29, 0.717) is 25.1 Å². The summed E-state index contributed by atoms with van der Waals surface area (Å²) >= 11 is 11.7. The Labute approximate surface area is 168 Å². The molecule has 2 heterocycles. The third-order valence-corrected chi connectivity index (χ3v) is 4.29. The maximum absolute atomic E-state index is 12.2. The number of aromatic nitrogens is 1. The van der Waals surface area contributed by atoms with Gasteiger partial charge in [0.05, 0.1) is 12.7 Å². The minimum Gasteiger partial charge on any atom is -0.460 e. The van der Waals surface area contributed by atoms with E-state index in [0.717, 1.165) is 5.56 Å². The number of rotatable bonds is 6. The fourth-order valence-corrected chi connectivity index (χ4v) is 3.16. The highest BCUT2D eigenvalue weighted by Crippen LogP contribution is 2.17. The summed E-state index contributed by atoms with van der Waals surface area (Å²) < 4.78 is 11.2. The van der Waals surface area contributed by atoms with Gasteiger partial charge in [0.15, 0.2) is 0 Å². The van der Waals surface area contributed by atoms with E-state index in [1.54, 1.807) is 12.1 Å². The van der Waals surface area contributed by atoms with Crippen LogP contribution >= 0.6 is 35.6 Å². The molecule has 0 spiro atoms. The van der Waals surface area contributed by atoms with Gasteiger partial charge < -0.3 is 14.8 Å². The Morgan fingerprint density at radius 2 is 1.81 bits per heavy atom. The summed E-state index contributed by atoms with van der Waals surface area (Å²) in [6.45, 7) is 1.26. The van der Waals surface area contributed by atoms with E-state index in [9.17, 15) is 4.79 Å². The molecule has 3 rings (SSSR count). The molecule has 1 fully saturated rings. The average molecular weight is 418 g/mol. The number of carbonyl (C=O) groups is 1. The van der Waals surface area contributed by atoms with Crippen molar-refractivity contribution in [1.29, 1.82) is 0 Å². The molecule has 5 nitrogen and oxygen atoms in total. The van der Waals surface area contributed by atoms with Gasteiger partial charge in [-0.25, -0.2) is 4.98 Å². The lowest BCUT2D eigenvalue weighted by Crippen LogP contribution is -2.32. The normalized spacial score (nSPS) is 19.0. The van der Waals surface area contributed by atoms with Crippen LogP contribution in [0.4, 0.5) is 0 Å². The minimum atomic E-state index is -0.367. The Morgan fingerprint density at radius 3 is 2.50 bits per heavy atom. The second-order valence-electron chi connectivity index (χ2n) is 5.84. The van der Waals surface area contributed by atoms with Gasteiger partial charge in [0, 0.05) is 13.0 Å². The van der Waals surface area contributed by atoms with Crippen LogP contribution in [0.3, 0.4) is 0 Å². The van der Waals surface area contributed by atoms with Crippen LogP contribution in [0, 0.1) is 0 Å². The predicted octanol–water partition coefficient (Wildman–Crippen LogP) is 3.80. The zero-order chi connectivity index (χ0) is 17.6. The van der Waals surface area contributed by atoms with Crippen molar-refractivity contribution in [1.82, 2.24) is 10.3 Å². The highest BCUT2D eigenvalue weighted by Gasteiger charge is 2.31. The number of halogens is 3. The Kier molecular flexibility index (Phi) is 8.13. The summed E-state index contributed by atoms with van der Waals surface area (Å²) in [5, 5.41) is 3.68. The molecule has 1 aliphatic rings. The lowest BCUT2D eigenvalue weighted by molar-refractivity contribution is -0.147. The van der Waals surface area contributed by atoms with Crippen LogP contribution in [0.15, 0.2) is 42.5 Å². The third-order valence-electron chi connectivity index (χ3n) is 3.91. The van der Waals surface area contributed by atoms with E-state index in [2.05, 4.69) is 10.3 Å². The van der Waals surface area contributed by atoms with Crippen LogP contribution in [-0.2, 0) is 27.5 Å². The summed E-state index contributed by atoms with van der Waals surface area (Å²) in [4.78, 5) is 16.0. The van der Waals surface area contributed by atoms with Crippen LogP contribution in [0.5, 0.6) is 0 Å². The number of carbonyl (C=O) groups excluding carboxylic acids is 1. The molecule has 1 aliphatic heterocycles. The van der Waals surface area contributed by atoms with Crippen molar-refractivity contribution in [2.24, 2.45) is 0 Å². The lowest BCUT2D eigenvalue weighted by Gasteiger charge is -2.12. The van der Waals surface area contributed by atoms with Crippen molar-refractivity contribution in [3.8, 4) is 0 Å². The van der Waals surface area contributed by atoms with Crippen LogP contribution in [0.1, 0.15) is 17.5 Å². The minimum absolute atomic E-state index is 0. The maximum atomic E-state index is 12.2. The molecule has 1 aromatic heterocycles. The molecule has 1 N–H and O–H groups in total. The zero-order valence-electron chi connectivity index (χ0n) is 13.9. The number of hydrogen-bond donors (Lipinski definition) is 1. The first-order valence-electron chi connectivity index (χ1n) is 7.97. The summed E-state index contributed by atoms with van der Waals surface area (Å²) in [5.41, 5.74) is 1.81. The van der Waals surface area contributed by atoms with Gasteiger partial charge in [-0.15, -0.1) is 12.4 Å². The molecule has 0 radical (unpaired) electrons. The van der Waals surface area contributed by atoms with E-state index < -0.39 is 0 Å². The third kappa shape index (κ3) is 6.11. The monoisotopic (exact) mass is 416 g/mol. The number of nitrogens with zero attached hydrogens (tertiary/aromatic N) is 1. The molecule has 0 saturated carbocycles. The molecule has 0 aliphatic carbocycles. The SMILES string of the molecule is Cl.O=C(OCc1cc(Cl)nc(Cl)c1)[C@@H]1C[C@@H](OCc2ccccc2)CN1. The molecule has 0 unspecified atom stereocenters. The fraction of sp³-hybridized carbons (Fsp3) is 0.333. The second-order valence-corrected chi connectivity index (χ2v) is 6.62. The molecule has 0 bridgehead atoms. The Bertz CT molecular complexity index is 711. The summed E-state index contributed by atoms with van der Waals surface area (Å²) in [6.07, 6.45) is 0.575. The van der Waals surface area contributed by atoms with E-state index in [1.165, 1.54) is 0 Å². The van der Waals surface area contributed by atoms with Crippen molar-refractivity contribution in [2.75, 3.05) is 6.54 Å². The van der Waals surface area contributed by atoms with Gasteiger partial charge in [-0.3, -0.25) is 4.79 Å². The number of nitrogens with one attached hydrogen (secondary N) is 1.